The summed E-state index contributed by atoms with van der Waals surface area (Å²) in [6.07, 6.45) is 6.55. The number of piperazine rings is 1. The van der Waals surface area contributed by atoms with Crippen LogP contribution in [0.5, 0.6) is 0 Å². The van der Waals surface area contributed by atoms with E-state index >= 15 is 0 Å². The molecule has 0 unspecified atom stereocenters. The summed E-state index contributed by atoms with van der Waals surface area (Å²) >= 11 is 1.68. The van der Waals surface area contributed by atoms with E-state index < -0.39 is 0 Å². The van der Waals surface area contributed by atoms with Gasteiger partial charge in [-0.2, -0.15) is 5.10 Å². The lowest BCUT2D eigenvalue weighted by molar-refractivity contribution is 0.380. The Bertz CT molecular complexity index is 576. The second-order valence-corrected chi connectivity index (χ2v) is 6.02. The van der Waals surface area contributed by atoms with E-state index in [1.165, 1.54) is 0 Å². The van der Waals surface area contributed by atoms with Crippen LogP contribution in [0.3, 0.4) is 0 Å². The van der Waals surface area contributed by atoms with E-state index in [0.717, 1.165) is 50.8 Å². The summed E-state index contributed by atoms with van der Waals surface area (Å²) in [6, 6.07) is 1.93. The number of halogens is 1. The summed E-state index contributed by atoms with van der Waals surface area (Å²) in [5.41, 5.74) is 6.09. The number of anilines is 1. The molecular formula is C14H22IN7S. The third-order valence-corrected chi connectivity index (χ3v) is 4.50. The standard InChI is InChI=1S/C14H21N7S.HI/c15-13(16-3-1-6-21-7-2-4-18-21)19-8-10-20(11-9-19)14-17-5-12-22-14;/h2,4-5,7,12H,1,3,6,8-11H2,(H2,15,16);1H. The maximum absolute atomic E-state index is 6.09. The molecule has 1 aliphatic heterocycles. The Hall–Kier alpha value is -1.36. The van der Waals surface area contributed by atoms with Crippen LogP contribution in [-0.2, 0) is 6.54 Å². The number of nitrogens with zero attached hydrogens (tertiary/aromatic N) is 6. The normalized spacial score (nSPS) is 15.6. The van der Waals surface area contributed by atoms with Gasteiger partial charge >= 0.3 is 0 Å². The first-order chi connectivity index (χ1) is 10.8. The van der Waals surface area contributed by atoms with E-state index in [1.807, 2.05) is 28.5 Å². The molecule has 9 heteroatoms. The van der Waals surface area contributed by atoms with Gasteiger partial charge in [0, 0.05) is 63.2 Å². The summed E-state index contributed by atoms with van der Waals surface area (Å²) in [5, 5.41) is 7.27. The zero-order valence-electron chi connectivity index (χ0n) is 12.9. The molecule has 0 atom stereocenters. The van der Waals surface area contributed by atoms with Gasteiger partial charge in [-0.3, -0.25) is 9.67 Å². The van der Waals surface area contributed by atoms with Crippen molar-refractivity contribution in [2.24, 2.45) is 10.7 Å². The minimum atomic E-state index is 0. The van der Waals surface area contributed by atoms with Crippen LogP contribution >= 0.6 is 35.3 Å². The maximum Gasteiger partial charge on any atom is 0.191 e. The Morgan fingerprint density at radius 1 is 1.26 bits per heavy atom. The van der Waals surface area contributed by atoms with Crippen LogP contribution in [0.1, 0.15) is 6.42 Å². The topological polar surface area (TPSA) is 75.6 Å². The fraction of sp³-hybridized carbons (Fsp3) is 0.500. The molecular weight excluding hydrogens is 425 g/mol. The van der Waals surface area contributed by atoms with Gasteiger partial charge in [-0.05, 0) is 12.5 Å². The lowest BCUT2D eigenvalue weighted by atomic mass is 10.3. The first-order valence-corrected chi connectivity index (χ1v) is 8.37. The smallest absolute Gasteiger partial charge is 0.191 e. The van der Waals surface area contributed by atoms with E-state index in [4.69, 9.17) is 5.73 Å². The Morgan fingerprint density at radius 3 is 2.74 bits per heavy atom. The first-order valence-electron chi connectivity index (χ1n) is 7.49. The van der Waals surface area contributed by atoms with Crippen LogP contribution in [-0.4, -0.2) is 58.3 Å². The Morgan fingerprint density at radius 2 is 2.09 bits per heavy atom. The second-order valence-electron chi connectivity index (χ2n) is 5.15. The molecule has 2 aromatic heterocycles. The maximum atomic E-state index is 6.09. The fourth-order valence-electron chi connectivity index (χ4n) is 2.46. The third-order valence-electron chi connectivity index (χ3n) is 3.67. The van der Waals surface area contributed by atoms with Crippen LogP contribution in [0.4, 0.5) is 5.13 Å². The van der Waals surface area contributed by atoms with Crippen LogP contribution in [0, 0.1) is 0 Å². The number of rotatable bonds is 5. The van der Waals surface area contributed by atoms with Crippen molar-refractivity contribution in [3.05, 3.63) is 30.0 Å². The van der Waals surface area contributed by atoms with Crippen LogP contribution < -0.4 is 10.6 Å². The monoisotopic (exact) mass is 447 g/mol. The number of hydrogen-bond acceptors (Lipinski definition) is 5. The molecule has 3 rings (SSSR count). The summed E-state index contributed by atoms with van der Waals surface area (Å²) in [5.74, 6) is 0.652. The average molecular weight is 447 g/mol. The number of aliphatic imine (C=N–C) groups is 1. The fourth-order valence-corrected chi connectivity index (χ4v) is 3.15. The second kappa shape index (κ2) is 9.06. The molecule has 2 aromatic rings. The van der Waals surface area contributed by atoms with E-state index in [2.05, 4.69) is 24.9 Å². The summed E-state index contributed by atoms with van der Waals surface area (Å²) in [7, 11) is 0. The molecule has 0 amide bonds. The van der Waals surface area contributed by atoms with Crippen molar-refractivity contribution in [3.8, 4) is 0 Å². The van der Waals surface area contributed by atoms with E-state index in [-0.39, 0.29) is 24.0 Å². The van der Waals surface area contributed by atoms with Gasteiger partial charge in [0.25, 0.3) is 0 Å². The number of aromatic nitrogens is 3. The molecule has 2 N–H and O–H groups in total. The highest BCUT2D eigenvalue weighted by Gasteiger charge is 2.19. The van der Waals surface area contributed by atoms with Gasteiger partial charge in [-0.1, -0.05) is 0 Å². The summed E-state index contributed by atoms with van der Waals surface area (Å²) in [6.45, 7) is 5.29. The summed E-state index contributed by atoms with van der Waals surface area (Å²) in [4.78, 5) is 13.3. The van der Waals surface area contributed by atoms with Gasteiger partial charge in [0.05, 0.1) is 0 Å². The number of nitrogens with two attached hydrogens (primary N) is 1. The number of hydrogen-bond donors (Lipinski definition) is 1. The van der Waals surface area contributed by atoms with Gasteiger partial charge in [-0.25, -0.2) is 4.98 Å². The van der Waals surface area contributed by atoms with E-state index in [9.17, 15) is 0 Å². The largest absolute Gasteiger partial charge is 0.370 e. The van der Waals surface area contributed by atoms with Gasteiger partial charge in [0.2, 0.25) is 0 Å². The van der Waals surface area contributed by atoms with Gasteiger partial charge in [0.15, 0.2) is 11.1 Å². The highest BCUT2D eigenvalue weighted by Crippen LogP contribution is 2.18. The van der Waals surface area contributed by atoms with Crippen molar-refractivity contribution in [1.82, 2.24) is 19.7 Å². The molecule has 7 nitrogen and oxygen atoms in total. The molecule has 1 fully saturated rings. The molecule has 0 aliphatic carbocycles. The average Bonchev–Trinajstić information content (AvgIpc) is 3.25. The molecule has 126 valence electrons. The quantitative estimate of drug-likeness (QED) is 0.325. The zero-order chi connectivity index (χ0) is 15.2. The summed E-state index contributed by atoms with van der Waals surface area (Å²) < 4.78 is 1.92. The molecule has 0 bridgehead atoms. The molecule has 0 radical (unpaired) electrons. The van der Waals surface area contributed by atoms with Crippen molar-refractivity contribution in [2.75, 3.05) is 37.6 Å². The third kappa shape index (κ3) is 5.06. The van der Waals surface area contributed by atoms with Crippen LogP contribution in [0.25, 0.3) is 0 Å². The molecule has 1 aliphatic rings. The minimum Gasteiger partial charge on any atom is -0.370 e. The van der Waals surface area contributed by atoms with E-state index in [0.29, 0.717) is 5.96 Å². The predicted octanol–water partition coefficient (Wildman–Crippen LogP) is 1.48. The van der Waals surface area contributed by atoms with Crippen LogP contribution in [0.2, 0.25) is 0 Å². The molecule has 0 spiro atoms. The van der Waals surface area contributed by atoms with Crippen molar-refractivity contribution in [3.63, 3.8) is 0 Å². The zero-order valence-corrected chi connectivity index (χ0v) is 16.1. The predicted molar refractivity (Wildman–Crippen MR) is 105 cm³/mol. The number of thiazole rings is 1. The van der Waals surface area contributed by atoms with Crippen molar-refractivity contribution >= 4 is 46.4 Å². The Kier molecular flexibility index (Phi) is 7.09. The number of aryl methyl sites for hydroxylation is 1. The number of guanidine groups is 1. The SMILES string of the molecule is I.NC(=NCCCn1cccn1)N1CCN(c2nccs2)CC1. The lowest BCUT2D eigenvalue weighted by Crippen LogP contribution is -2.51. The van der Waals surface area contributed by atoms with Crippen LogP contribution in [0.15, 0.2) is 35.0 Å². The molecule has 0 saturated carbocycles. The minimum absolute atomic E-state index is 0. The van der Waals surface area contributed by atoms with Gasteiger partial charge in [0.1, 0.15) is 0 Å². The highest BCUT2D eigenvalue weighted by molar-refractivity contribution is 14.0. The molecule has 0 aromatic carbocycles. The van der Waals surface area contributed by atoms with Gasteiger partial charge < -0.3 is 15.5 Å². The molecule has 23 heavy (non-hydrogen) atoms. The van der Waals surface area contributed by atoms with Gasteiger partial charge in [-0.15, -0.1) is 35.3 Å². The highest BCUT2D eigenvalue weighted by atomic mass is 127. The molecule has 3 heterocycles. The van der Waals surface area contributed by atoms with Crippen molar-refractivity contribution < 1.29 is 0 Å². The van der Waals surface area contributed by atoms with Crippen molar-refractivity contribution in [2.45, 2.75) is 13.0 Å². The Labute approximate surface area is 157 Å². The lowest BCUT2D eigenvalue weighted by Gasteiger charge is -2.35. The molecule has 1 saturated heterocycles. The van der Waals surface area contributed by atoms with Crippen molar-refractivity contribution in [1.29, 1.82) is 0 Å². The first kappa shape index (κ1) is 18.0. The Balaban J connectivity index is 0.00000192. The van der Waals surface area contributed by atoms with E-state index in [1.54, 1.807) is 17.5 Å².